The summed E-state index contributed by atoms with van der Waals surface area (Å²) >= 11 is 3.73. The Bertz CT molecular complexity index is 1920. The van der Waals surface area contributed by atoms with Gasteiger partial charge in [-0.15, -0.1) is 0 Å². The maximum atomic E-state index is 5.36. The fourth-order valence-corrected chi connectivity index (χ4v) is 7.21. The van der Waals surface area contributed by atoms with E-state index in [1.807, 2.05) is 0 Å². The Balaban J connectivity index is 1.40. The highest BCUT2D eigenvalue weighted by Crippen LogP contribution is 2.50. The molecule has 0 saturated heterocycles. The Labute approximate surface area is 257 Å². The first kappa shape index (κ1) is 26.9. The number of aliphatic imine (C=N–C) groups is 1. The molecular formula is C39H35BrN2. The Kier molecular flexibility index (Phi) is 6.29. The summed E-state index contributed by atoms with van der Waals surface area (Å²) in [4.78, 5) is 9.19. The summed E-state index contributed by atoms with van der Waals surface area (Å²) in [5, 5.41) is 0. The van der Waals surface area contributed by atoms with Crippen molar-refractivity contribution in [1.29, 1.82) is 0 Å². The van der Waals surface area contributed by atoms with E-state index in [0.717, 1.165) is 21.6 Å². The molecule has 42 heavy (non-hydrogen) atoms. The smallest absolute Gasteiger partial charge is 0.0794 e. The van der Waals surface area contributed by atoms with Crippen LogP contribution >= 0.6 is 15.9 Å². The van der Waals surface area contributed by atoms with Gasteiger partial charge < -0.3 is 4.98 Å². The summed E-state index contributed by atoms with van der Waals surface area (Å²) in [5.41, 5.74) is 18.6. The van der Waals surface area contributed by atoms with Gasteiger partial charge in [0.05, 0.1) is 17.1 Å². The summed E-state index contributed by atoms with van der Waals surface area (Å²) < 4.78 is 1.06. The van der Waals surface area contributed by atoms with E-state index in [9.17, 15) is 0 Å². The second-order valence-corrected chi connectivity index (χ2v) is 13.7. The average Bonchev–Trinajstić information content (AvgIpc) is 3.58. The molecule has 3 heteroatoms. The van der Waals surface area contributed by atoms with Crippen LogP contribution in [0.15, 0.2) is 94.4 Å². The third-order valence-corrected chi connectivity index (χ3v) is 9.45. The van der Waals surface area contributed by atoms with E-state index < -0.39 is 0 Å². The van der Waals surface area contributed by atoms with Gasteiger partial charge in [0.1, 0.15) is 0 Å². The molecule has 0 fully saturated rings. The van der Waals surface area contributed by atoms with Gasteiger partial charge in [-0.1, -0.05) is 109 Å². The standard InChI is InChI=1S/C39H35BrN2/c1-22-18-26(39(4,5)6)19-23(2)34(22)38-31-20-27(40)16-17-28(31)33(42-38)21-32-24(3)35-36(25-12-8-7-9-13-25)29-14-10-11-15-30(29)37(35)41-32/h7-21,36,41H,1-6H3. The van der Waals surface area contributed by atoms with Crippen LogP contribution in [-0.2, 0) is 5.41 Å². The number of benzene rings is 4. The molecule has 2 heterocycles. The molecule has 1 N–H and O–H groups in total. The maximum absolute atomic E-state index is 5.36. The van der Waals surface area contributed by atoms with Gasteiger partial charge >= 0.3 is 0 Å². The van der Waals surface area contributed by atoms with E-state index in [1.165, 1.54) is 66.9 Å². The van der Waals surface area contributed by atoms with Crippen molar-refractivity contribution in [2.24, 2.45) is 4.99 Å². The number of aromatic nitrogens is 1. The average molecular weight is 612 g/mol. The zero-order valence-electron chi connectivity index (χ0n) is 25.1. The van der Waals surface area contributed by atoms with Crippen molar-refractivity contribution < 1.29 is 0 Å². The minimum absolute atomic E-state index is 0.0965. The highest BCUT2D eigenvalue weighted by atomic mass is 79.9. The zero-order chi connectivity index (χ0) is 29.3. The van der Waals surface area contributed by atoms with Crippen LogP contribution < -0.4 is 0 Å². The molecule has 1 atom stereocenters. The molecule has 4 aromatic carbocycles. The highest BCUT2D eigenvalue weighted by molar-refractivity contribution is 9.10. The lowest BCUT2D eigenvalue weighted by Crippen LogP contribution is -2.14. The van der Waals surface area contributed by atoms with Crippen LogP contribution in [0.2, 0.25) is 0 Å². The van der Waals surface area contributed by atoms with Crippen LogP contribution in [0.3, 0.4) is 0 Å². The van der Waals surface area contributed by atoms with E-state index in [4.69, 9.17) is 4.99 Å². The Morgan fingerprint density at radius 1 is 0.786 bits per heavy atom. The molecule has 2 aliphatic rings. The summed E-state index contributed by atoms with van der Waals surface area (Å²) in [6, 6.07) is 30.9. The number of H-pyrrole nitrogens is 1. The maximum Gasteiger partial charge on any atom is 0.0794 e. The number of rotatable bonds is 3. The first-order valence-corrected chi connectivity index (χ1v) is 15.5. The van der Waals surface area contributed by atoms with Crippen LogP contribution in [0.4, 0.5) is 0 Å². The zero-order valence-corrected chi connectivity index (χ0v) is 26.6. The van der Waals surface area contributed by atoms with Crippen LogP contribution in [0.5, 0.6) is 0 Å². The molecule has 1 aliphatic heterocycles. The predicted molar refractivity (Wildman–Crippen MR) is 181 cm³/mol. The van der Waals surface area contributed by atoms with Crippen molar-refractivity contribution in [3.63, 3.8) is 0 Å². The molecule has 2 nitrogen and oxygen atoms in total. The van der Waals surface area contributed by atoms with Gasteiger partial charge in [0.2, 0.25) is 0 Å². The lowest BCUT2D eigenvalue weighted by molar-refractivity contribution is 0.589. The van der Waals surface area contributed by atoms with Crippen molar-refractivity contribution >= 4 is 33.4 Å². The summed E-state index contributed by atoms with van der Waals surface area (Å²) in [7, 11) is 0. The highest BCUT2D eigenvalue weighted by Gasteiger charge is 2.34. The molecule has 208 valence electrons. The number of aryl methyl sites for hydroxylation is 2. The Morgan fingerprint density at radius 2 is 1.48 bits per heavy atom. The molecule has 0 saturated carbocycles. The molecule has 0 bridgehead atoms. The minimum Gasteiger partial charge on any atom is -0.354 e. The number of hydrogen-bond donors (Lipinski definition) is 1. The van der Waals surface area contributed by atoms with E-state index in [1.54, 1.807) is 0 Å². The lowest BCUT2D eigenvalue weighted by Gasteiger charge is -2.22. The lowest BCUT2D eigenvalue weighted by atomic mass is 9.82. The van der Waals surface area contributed by atoms with E-state index >= 15 is 0 Å². The molecular weight excluding hydrogens is 576 g/mol. The molecule has 0 radical (unpaired) electrons. The van der Waals surface area contributed by atoms with E-state index in [0.29, 0.717) is 0 Å². The number of nitrogens with one attached hydrogen (secondary N) is 1. The largest absolute Gasteiger partial charge is 0.354 e. The normalized spacial score (nSPS) is 16.4. The van der Waals surface area contributed by atoms with Gasteiger partial charge in [0, 0.05) is 38.3 Å². The first-order chi connectivity index (χ1) is 20.1. The molecule has 5 aromatic rings. The summed E-state index contributed by atoms with van der Waals surface area (Å²) in [5.74, 6) is 0.221. The summed E-state index contributed by atoms with van der Waals surface area (Å²) in [6.45, 7) is 13.5. The monoisotopic (exact) mass is 610 g/mol. The van der Waals surface area contributed by atoms with E-state index in [2.05, 4.69) is 153 Å². The molecule has 1 unspecified atom stereocenters. The van der Waals surface area contributed by atoms with Crippen molar-refractivity contribution in [3.05, 3.63) is 151 Å². The van der Waals surface area contributed by atoms with Gasteiger partial charge in [-0.2, -0.15) is 0 Å². The Hall–Kier alpha value is -3.95. The van der Waals surface area contributed by atoms with Crippen molar-refractivity contribution in [2.75, 3.05) is 0 Å². The van der Waals surface area contributed by atoms with Gasteiger partial charge in [-0.3, -0.25) is 0 Å². The molecule has 0 spiro atoms. The quantitative estimate of drug-likeness (QED) is 0.206. The minimum atomic E-state index is 0.0965. The first-order valence-electron chi connectivity index (χ1n) is 14.7. The third-order valence-electron chi connectivity index (χ3n) is 8.96. The van der Waals surface area contributed by atoms with Gasteiger partial charge in [-0.05, 0) is 83.3 Å². The Morgan fingerprint density at radius 3 is 2.19 bits per heavy atom. The fraction of sp³-hybridized carbons (Fsp3) is 0.205. The van der Waals surface area contributed by atoms with Gasteiger partial charge in [0.25, 0.3) is 0 Å². The second kappa shape index (κ2) is 9.81. The fourth-order valence-electron chi connectivity index (χ4n) is 6.85. The number of fused-ring (bicyclic) bond motifs is 4. The number of nitrogens with zero attached hydrogens (tertiary/aromatic N) is 1. The van der Waals surface area contributed by atoms with Crippen molar-refractivity contribution in [2.45, 2.75) is 52.9 Å². The number of hydrogen-bond acceptors (Lipinski definition) is 1. The topological polar surface area (TPSA) is 28.1 Å². The van der Waals surface area contributed by atoms with Crippen LogP contribution in [0.25, 0.3) is 23.0 Å². The van der Waals surface area contributed by atoms with Gasteiger partial charge in [-0.25, -0.2) is 4.99 Å². The van der Waals surface area contributed by atoms with E-state index in [-0.39, 0.29) is 11.3 Å². The molecule has 1 aromatic heterocycles. The van der Waals surface area contributed by atoms with Gasteiger partial charge in [0.15, 0.2) is 0 Å². The van der Waals surface area contributed by atoms with Crippen LogP contribution in [0.1, 0.15) is 88.0 Å². The molecule has 7 rings (SSSR count). The second-order valence-electron chi connectivity index (χ2n) is 12.8. The number of halogens is 1. The summed E-state index contributed by atoms with van der Waals surface area (Å²) in [6.07, 6.45) is 2.26. The SMILES string of the molecule is Cc1cc(C(C)(C)C)cc(C)c1C1=NC(=Cc2[nH]c3c(c2C)C(c2ccccc2)c2ccccc2-3)c2ccc(Br)cc21. The molecule has 1 aliphatic carbocycles. The predicted octanol–water partition coefficient (Wildman–Crippen LogP) is 10.5. The van der Waals surface area contributed by atoms with Crippen molar-refractivity contribution in [3.8, 4) is 11.3 Å². The number of aromatic amines is 1. The van der Waals surface area contributed by atoms with Crippen molar-refractivity contribution in [1.82, 2.24) is 4.98 Å². The van der Waals surface area contributed by atoms with Crippen LogP contribution in [-0.4, -0.2) is 10.7 Å². The molecule has 0 amide bonds. The van der Waals surface area contributed by atoms with Crippen LogP contribution in [0, 0.1) is 20.8 Å². The third kappa shape index (κ3) is 4.25.